The molecule has 0 aliphatic rings. The van der Waals surface area contributed by atoms with E-state index in [1.165, 1.54) is 15.9 Å². The molecule has 1 N–H and O–H groups in total. The van der Waals surface area contributed by atoms with Crippen LogP contribution in [0.2, 0.25) is 0 Å². The number of ether oxygens (including phenoxy) is 1. The summed E-state index contributed by atoms with van der Waals surface area (Å²) < 4.78 is 11.6. The molecule has 140 valence electrons. The van der Waals surface area contributed by atoms with E-state index in [2.05, 4.69) is 40.6 Å². The Labute approximate surface area is 162 Å². The molecule has 0 fully saturated rings. The molecule has 0 aliphatic heterocycles. The average molecular weight is 382 g/mol. The fourth-order valence-corrected chi connectivity index (χ4v) is 4.23. The molecule has 0 unspecified atom stereocenters. The van der Waals surface area contributed by atoms with Crippen molar-refractivity contribution in [1.29, 1.82) is 0 Å². The molecule has 4 aromatic rings. The second kappa shape index (κ2) is 7.48. The summed E-state index contributed by atoms with van der Waals surface area (Å²) in [5.74, 6) is 1.98. The van der Waals surface area contributed by atoms with Gasteiger partial charge in [-0.3, -0.25) is 0 Å². The number of aromatic hydroxyl groups is 1. The number of aromatic nitrogens is 3. The van der Waals surface area contributed by atoms with Gasteiger partial charge in [0, 0.05) is 18.9 Å². The molecule has 0 bridgehead atoms. The SMILES string of the molecule is CCCc1cnc(-c2cc3sccc3n2C)n1CCOc1ccc(O)cc1. The van der Waals surface area contributed by atoms with Gasteiger partial charge in [-0.1, -0.05) is 13.3 Å². The van der Waals surface area contributed by atoms with Crippen LogP contribution in [0.25, 0.3) is 21.7 Å². The molecular weight excluding hydrogens is 358 g/mol. The van der Waals surface area contributed by atoms with Crippen molar-refractivity contribution in [2.24, 2.45) is 7.05 Å². The molecule has 1 aromatic carbocycles. The van der Waals surface area contributed by atoms with Gasteiger partial charge in [-0.2, -0.15) is 0 Å². The summed E-state index contributed by atoms with van der Waals surface area (Å²) in [7, 11) is 2.09. The standard InChI is InChI=1S/C21H23N3O2S/c1-3-4-15-14-22-21(19-13-20-18(23(19)2)9-12-27-20)24(15)10-11-26-17-7-5-16(25)6-8-17/h5-9,12-14,25H,3-4,10-11H2,1-2H3. The number of phenolic OH excluding ortho intramolecular Hbond substituents is 1. The highest BCUT2D eigenvalue weighted by atomic mass is 32.1. The van der Waals surface area contributed by atoms with Crippen molar-refractivity contribution in [3.63, 3.8) is 0 Å². The molecule has 0 spiro atoms. The first-order chi connectivity index (χ1) is 13.2. The lowest BCUT2D eigenvalue weighted by Gasteiger charge is -2.13. The van der Waals surface area contributed by atoms with E-state index in [0.29, 0.717) is 6.61 Å². The molecule has 0 saturated heterocycles. The quantitative estimate of drug-likeness (QED) is 0.498. The summed E-state index contributed by atoms with van der Waals surface area (Å²) in [6.45, 7) is 3.45. The number of hydrogen-bond acceptors (Lipinski definition) is 4. The van der Waals surface area contributed by atoms with E-state index in [1.54, 1.807) is 35.6 Å². The minimum Gasteiger partial charge on any atom is -0.508 e. The first-order valence-corrected chi connectivity index (χ1v) is 10.0. The molecule has 0 amide bonds. The highest BCUT2D eigenvalue weighted by Gasteiger charge is 2.16. The van der Waals surface area contributed by atoms with Crippen molar-refractivity contribution in [3.05, 3.63) is 53.7 Å². The van der Waals surface area contributed by atoms with Crippen LogP contribution in [0.4, 0.5) is 0 Å². The summed E-state index contributed by atoms with van der Waals surface area (Å²) in [6.07, 6.45) is 4.05. The maximum atomic E-state index is 9.39. The van der Waals surface area contributed by atoms with Crippen molar-refractivity contribution < 1.29 is 9.84 Å². The third-order valence-electron chi connectivity index (χ3n) is 4.76. The average Bonchev–Trinajstić information content (AvgIpc) is 3.35. The van der Waals surface area contributed by atoms with Crippen LogP contribution in [0.15, 0.2) is 48.0 Å². The van der Waals surface area contributed by atoms with Crippen LogP contribution in [0.3, 0.4) is 0 Å². The molecule has 5 nitrogen and oxygen atoms in total. The number of rotatable bonds is 7. The van der Waals surface area contributed by atoms with Gasteiger partial charge < -0.3 is 19.0 Å². The number of phenols is 1. The second-order valence-corrected chi connectivity index (χ2v) is 7.52. The number of aryl methyl sites for hydroxylation is 2. The predicted molar refractivity (Wildman–Crippen MR) is 110 cm³/mol. The Hall–Kier alpha value is -2.73. The van der Waals surface area contributed by atoms with Gasteiger partial charge in [-0.05, 0) is 48.2 Å². The van der Waals surface area contributed by atoms with Crippen LogP contribution in [-0.4, -0.2) is 25.8 Å². The van der Waals surface area contributed by atoms with Gasteiger partial charge in [0.05, 0.1) is 22.5 Å². The monoisotopic (exact) mass is 381 g/mol. The van der Waals surface area contributed by atoms with Crippen LogP contribution in [0.1, 0.15) is 19.0 Å². The number of imidazole rings is 1. The first kappa shape index (κ1) is 17.7. The number of benzene rings is 1. The van der Waals surface area contributed by atoms with Gasteiger partial charge in [0.1, 0.15) is 18.1 Å². The zero-order valence-electron chi connectivity index (χ0n) is 15.6. The second-order valence-electron chi connectivity index (χ2n) is 6.58. The van der Waals surface area contributed by atoms with Gasteiger partial charge in [0.25, 0.3) is 0 Å². The van der Waals surface area contributed by atoms with E-state index in [-0.39, 0.29) is 5.75 Å². The summed E-state index contributed by atoms with van der Waals surface area (Å²) in [4.78, 5) is 4.74. The topological polar surface area (TPSA) is 52.2 Å². The van der Waals surface area contributed by atoms with E-state index in [1.807, 2.05) is 6.20 Å². The van der Waals surface area contributed by atoms with Crippen LogP contribution in [-0.2, 0) is 20.0 Å². The highest BCUT2D eigenvalue weighted by Crippen LogP contribution is 2.30. The molecule has 0 radical (unpaired) electrons. The number of fused-ring (bicyclic) bond motifs is 1. The van der Waals surface area contributed by atoms with Crippen molar-refractivity contribution in [2.75, 3.05) is 6.61 Å². The smallest absolute Gasteiger partial charge is 0.157 e. The number of nitrogens with zero attached hydrogens (tertiary/aromatic N) is 3. The van der Waals surface area contributed by atoms with E-state index in [4.69, 9.17) is 9.72 Å². The van der Waals surface area contributed by atoms with Gasteiger partial charge in [-0.15, -0.1) is 11.3 Å². The van der Waals surface area contributed by atoms with Gasteiger partial charge in [0.2, 0.25) is 0 Å². The molecule has 6 heteroatoms. The summed E-state index contributed by atoms with van der Waals surface area (Å²) in [5, 5.41) is 11.5. The Morgan fingerprint density at radius 3 is 2.74 bits per heavy atom. The zero-order chi connectivity index (χ0) is 18.8. The molecule has 3 heterocycles. The summed E-state index contributed by atoms with van der Waals surface area (Å²) in [6, 6.07) is 11.2. The Balaban J connectivity index is 1.60. The first-order valence-electron chi connectivity index (χ1n) is 9.17. The highest BCUT2D eigenvalue weighted by molar-refractivity contribution is 7.17. The molecule has 0 atom stereocenters. The Morgan fingerprint density at radius 1 is 1.19 bits per heavy atom. The van der Waals surface area contributed by atoms with Crippen LogP contribution in [0, 0.1) is 0 Å². The Bertz CT molecular complexity index is 1040. The molecule has 0 saturated carbocycles. The van der Waals surface area contributed by atoms with E-state index in [9.17, 15) is 5.11 Å². The fourth-order valence-electron chi connectivity index (χ4n) is 3.38. The fraction of sp³-hybridized carbons (Fsp3) is 0.286. The van der Waals surface area contributed by atoms with Crippen LogP contribution >= 0.6 is 11.3 Å². The Morgan fingerprint density at radius 2 is 2.00 bits per heavy atom. The van der Waals surface area contributed by atoms with Gasteiger partial charge >= 0.3 is 0 Å². The minimum atomic E-state index is 0.244. The third kappa shape index (κ3) is 3.45. The summed E-state index contributed by atoms with van der Waals surface area (Å²) in [5.41, 5.74) is 3.59. The lowest BCUT2D eigenvalue weighted by atomic mass is 10.2. The van der Waals surface area contributed by atoms with Gasteiger partial charge in [0.15, 0.2) is 5.82 Å². The third-order valence-corrected chi connectivity index (χ3v) is 5.61. The number of thiophene rings is 1. The van der Waals surface area contributed by atoms with E-state index < -0.39 is 0 Å². The minimum absolute atomic E-state index is 0.244. The van der Waals surface area contributed by atoms with Gasteiger partial charge in [-0.25, -0.2) is 4.98 Å². The molecular formula is C21H23N3O2S. The molecule has 27 heavy (non-hydrogen) atoms. The maximum absolute atomic E-state index is 9.39. The van der Waals surface area contributed by atoms with Crippen LogP contribution < -0.4 is 4.74 Å². The lowest BCUT2D eigenvalue weighted by molar-refractivity contribution is 0.296. The van der Waals surface area contributed by atoms with Crippen molar-refractivity contribution in [1.82, 2.24) is 14.1 Å². The molecule has 0 aliphatic carbocycles. The lowest BCUT2D eigenvalue weighted by Crippen LogP contribution is -2.13. The normalized spacial score (nSPS) is 11.3. The Kier molecular flexibility index (Phi) is 4.90. The number of hydrogen-bond donors (Lipinski definition) is 1. The van der Waals surface area contributed by atoms with Crippen molar-refractivity contribution in [2.45, 2.75) is 26.3 Å². The zero-order valence-corrected chi connectivity index (χ0v) is 16.4. The predicted octanol–water partition coefficient (Wildman–Crippen LogP) is 4.84. The van der Waals surface area contributed by atoms with Crippen LogP contribution in [0.5, 0.6) is 11.5 Å². The molecule has 3 aromatic heterocycles. The molecule has 4 rings (SSSR count). The van der Waals surface area contributed by atoms with E-state index in [0.717, 1.165) is 36.7 Å². The largest absolute Gasteiger partial charge is 0.508 e. The van der Waals surface area contributed by atoms with Crippen molar-refractivity contribution in [3.8, 4) is 23.0 Å². The van der Waals surface area contributed by atoms with Crippen molar-refractivity contribution >= 4 is 21.6 Å². The van der Waals surface area contributed by atoms with E-state index >= 15 is 0 Å². The summed E-state index contributed by atoms with van der Waals surface area (Å²) >= 11 is 1.75. The maximum Gasteiger partial charge on any atom is 0.157 e.